The Morgan fingerprint density at radius 3 is 1.23 bits per heavy atom. The monoisotopic (exact) mass is 591 g/mol. The van der Waals surface area contributed by atoms with Gasteiger partial charge in [0, 0.05) is 22.5 Å². The number of hydrogen-bond acceptors (Lipinski definition) is 5. The predicted octanol–water partition coefficient (Wildman–Crippen LogP) is 5.50. The van der Waals surface area contributed by atoms with E-state index < -0.39 is 0 Å². The molecular formula is C25H26IrN4O+3. The van der Waals surface area contributed by atoms with Gasteiger partial charge in [-0.1, -0.05) is 60.7 Å². The zero-order chi connectivity index (χ0) is 21.8. The van der Waals surface area contributed by atoms with Gasteiger partial charge in [-0.15, -0.1) is 0 Å². The maximum absolute atomic E-state index is 9.44. The third kappa shape index (κ3) is 9.98. The smallest absolute Gasteiger partial charge is 0.300 e. The second-order valence-corrected chi connectivity index (χ2v) is 6.73. The fourth-order valence-electron chi connectivity index (χ4n) is 2.44. The fourth-order valence-corrected chi connectivity index (χ4v) is 2.44. The summed E-state index contributed by atoms with van der Waals surface area (Å²) in [7, 11) is 0. The van der Waals surface area contributed by atoms with Gasteiger partial charge in [0.1, 0.15) is 18.4 Å². The van der Waals surface area contributed by atoms with Crippen LogP contribution >= 0.6 is 0 Å². The quantitative estimate of drug-likeness (QED) is 0.309. The van der Waals surface area contributed by atoms with E-state index in [0.29, 0.717) is 0 Å². The molecule has 4 aromatic rings. The minimum atomic E-state index is 0. The Morgan fingerprint density at radius 2 is 0.935 bits per heavy atom. The van der Waals surface area contributed by atoms with Gasteiger partial charge in [-0.25, -0.2) is 19.9 Å². The van der Waals surface area contributed by atoms with E-state index in [-0.39, 0.29) is 25.9 Å². The molecule has 4 rings (SSSR count). The van der Waals surface area contributed by atoms with E-state index in [4.69, 9.17) is 0 Å². The van der Waals surface area contributed by atoms with E-state index in [2.05, 4.69) is 19.9 Å². The molecule has 0 unspecified atom stereocenters. The minimum Gasteiger partial charge on any atom is -0.300 e. The number of rotatable bonds is 2. The van der Waals surface area contributed by atoms with Crippen molar-refractivity contribution in [2.75, 3.05) is 0 Å². The van der Waals surface area contributed by atoms with Crippen LogP contribution in [0, 0.1) is 13.8 Å². The number of carbonyl (C=O) groups is 1. The van der Waals surface area contributed by atoms with E-state index in [1.165, 1.54) is 13.8 Å². The SMILES string of the molecule is CC(C)=O.Cc1cc(-c2ccccc2)ncn1.Cc1cc(-c2ccccc2)ncn1.[Ir+3]. The first-order valence-corrected chi connectivity index (χ1v) is 9.61. The Morgan fingerprint density at radius 1 is 0.613 bits per heavy atom. The topological polar surface area (TPSA) is 68.6 Å². The van der Waals surface area contributed by atoms with Crippen LogP contribution in [0.2, 0.25) is 0 Å². The third-order valence-corrected chi connectivity index (χ3v) is 3.75. The van der Waals surface area contributed by atoms with Crippen molar-refractivity contribution in [3.05, 3.63) is 96.8 Å². The molecule has 2 aromatic carbocycles. The molecule has 0 radical (unpaired) electrons. The molecule has 0 bridgehead atoms. The molecule has 0 spiro atoms. The molecule has 2 heterocycles. The molecule has 0 aliphatic rings. The molecular weight excluding hydrogens is 565 g/mol. The van der Waals surface area contributed by atoms with E-state index in [0.717, 1.165) is 33.9 Å². The van der Waals surface area contributed by atoms with Gasteiger partial charge >= 0.3 is 20.1 Å². The minimum absolute atomic E-state index is 0. The van der Waals surface area contributed by atoms with Crippen molar-refractivity contribution >= 4 is 5.78 Å². The second kappa shape index (κ2) is 14.0. The average Bonchev–Trinajstić information content (AvgIpc) is 2.75. The van der Waals surface area contributed by atoms with Gasteiger partial charge in [0.2, 0.25) is 0 Å². The summed E-state index contributed by atoms with van der Waals surface area (Å²) in [4.78, 5) is 26.0. The largest absolute Gasteiger partial charge is 3.00 e. The molecule has 0 saturated carbocycles. The summed E-state index contributed by atoms with van der Waals surface area (Å²) in [5.74, 6) is 0.167. The van der Waals surface area contributed by atoms with Crippen LogP contribution in [0.25, 0.3) is 22.5 Å². The van der Waals surface area contributed by atoms with Crippen molar-refractivity contribution < 1.29 is 24.9 Å². The molecule has 31 heavy (non-hydrogen) atoms. The second-order valence-electron chi connectivity index (χ2n) is 6.73. The number of benzene rings is 2. The summed E-state index contributed by atoms with van der Waals surface area (Å²) < 4.78 is 0. The Balaban J connectivity index is 0.000000258. The summed E-state index contributed by atoms with van der Waals surface area (Å²) in [5, 5.41) is 0. The summed E-state index contributed by atoms with van der Waals surface area (Å²) in [6.45, 7) is 6.99. The van der Waals surface area contributed by atoms with E-state index in [1.807, 2.05) is 86.6 Å². The van der Waals surface area contributed by atoms with Crippen LogP contribution in [0.15, 0.2) is 85.5 Å². The summed E-state index contributed by atoms with van der Waals surface area (Å²) in [6, 6.07) is 24.2. The van der Waals surface area contributed by atoms with Crippen molar-refractivity contribution in [2.24, 2.45) is 0 Å². The number of ketones is 1. The molecule has 0 atom stereocenters. The van der Waals surface area contributed by atoms with E-state index >= 15 is 0 Å². The number of nitrogens with zero attached hydrogens (tertiary/aromatic N) is 4. The Labute approximate surface area is 197 Å². The normalized spacial score (nSPS) is 9.16. The van der Waals surface area contributed by atoms with Crippen molar-refractivity contribution in [2.45, 2.75) is 27.7 Å². The van der Waals surface area contributed by atoms with Crippen molar-refractivity contribution in [3.63, 3.8) is 0 Å². The van der Waals surface area contributed by atoms with Gasteiger partial charge in [0.25, 0.3) is 0 Å². The maximum Gasteiger partial charge on any atom is 3.00 e. The van der Waals surface area contributed by atoms with Crippen LogP contribution in [0.4, 0.5) is 0 Å². The third-order valence-electron chi connectivity index (χ3n) is 3.75. The van der Waals surface area contributed by atoms with Gasteiger partial charge in [0.15, 0.2) is 0 Å². The number of carbonyl (C=O) groups excluding carboxylic acids is 1. The van der Waals surface area contributed by atoms with Crippen molar-refractivity contribution in [1.82, 2.24) is 19.9 Å². The first kappa shape index (κ1) is 26.0. The standard InChI is InChI=1S/2C11H10N2.C3H6O.Ir/c2*1-9-7-11(13-8-12-9)10-5-3-2-4-6-10;1-3(2)4;/h2*2-8H,1H3;1-2H3;/q;;;+3. The van der Waals surface area contributed by atoms with Crippen LogP contribution in [-0.4, -0.2) is 25.7 Å². The average molecular weight is 591 g/mol. The van der Waals surface area contributed by atoms with Gasteiger partial charge < -0.3 is 4.79 Å². The number of aromatic nitrogens is 4. The molecule has 0 saturated heterocycles. The van der Waals surface area contributed by atoms with Gasteiger partial charge in [-0.3, -0.25) is 0 Å². The zero-order valence-corrected chi connectivity index (χ0v) is 20.5. The first-order chi connectivity index (χ1) is 14.5. The van der Waals surface area contributed by atoms with Crippen molar-refractivity contribution in [1.29, 1.82) is 0 Å². The molecule has 0 N–H and O–H groups in total. The van der Waals surface area contributed by atoms with Gasteiger partial charge in [-0.05, 0) is 39.8 Å². The molecule has 0 aliphatic heterocycles. The Bertz CT molecular complexity index is 972. The summed E-state index contributed by atoms with van der Waals surface area (Å²) in [6.07, 6.45) is 3.19. The van der Waals surface area contributed by atoms with Gasteiger partial charge in [0.05, 0.1) is 11.4 Å². The summed E-state index contributed by atoms with van der Waals surface area (Å²) >= 11 is 0. The predicted molar refractivity (Wildman–Crippen MR) is 121 cm³/mol. The molecule has 2 aromatic heterocycles. The van der Waals surface area contributed by atoms with Crippen LogP contribution in [0.3, 0.4) is 0 Å². The van der Waals surface area contributed by atoms with Crippen LogP contribution in [0.1, 0.15) is 25.2 Å². The molecule has 0 amide bonds. The van der Waals surface area contributed by atoms with E-state index in [1.54, 1.807) is 12.7 Å². The molecule has 6 heteroatoms. The number of Topliss-reactive ketones (excluding diaryl/α,β-unsaturated/α-hetero) is 1. The molecule has 5 nitrogen and oxygen atoms in total. The van der Waals surface area contributed by atoms with Crippen LogP contribution in [0.5, 0.6) is 0 Å². The van der Waals surface area contributed by atoms with Crippen LogP contribution < -0.4 is 0 Å². The summed E-state index contributed by atoms with van der Waals surface area (Å²) in [5.41, 5.74) is 6.21. The Hall–Kier alpha value is -3.08. The van der Waals surface area contributed by atoms with Gasteiger partial charge in [-0.2, -0.15) is 0 Å². The first-order valence-electron chi connectivity index (χ1n) is 9.61. The molecule has 158 valence electrons. The zero-order valence-electron chi connectivity index (χ0n) is 18.1. The molecule has 0 aliphatic carbocycles. The molecule has 0 fully saturated rings. The van der Waals surface area contributed by atoms with Crippen molar-refractivity contribution in [3.8, 4) is 22.5 Å². The fraction of sp³-hybridized carbons (Fsp3) is 0.160. The van der Waals surface area contributed by atoms with E-state index in [9.17, 15) is 4.79 Å². The number of hydrogen-bond donors (Lipinski definition) is 0. The number of aryl methyl sites for hydroxylation is 2. The van der Waals surface area contributed by atoms with Crippen LogP contribution in [-0.2, 0) is 24.9 Å². The maximum atomic E-state index is 9.44. The Kier molecular flexibility index (Phi) is 11.7.